The maximum absolute atomic E-state index is 10.8. The number of nitrogens with one attached hydrogen (secondary N) is 1. The number of aliphatic carboxylic acids is 1. The number of rotatable bonds is 6. The van der Waals surface area contributed by atoms with Gasteiger partial charge in [-0.05, 0) is 39.7 Å². The van der Waals surface area contributed by atoms with Gasteiger partial charge in [-0.3, -0.25) is 9.69 Å². The van der Waals surface area contributed by atoms with Crippen molar-refractivity contribution in [3.05, 3.63) is 0 Å². The zero-order valence-corrected chi connectivity index (χ0v) is 12.1. The summed E-state index contributed by atoms with van der Waals surface area (Å²) in [4.78, 5) is 12.8. The van der Waals surface area contributed by atoms with E-state index in [-0.39, 0.29) is 12.6 Å². The summed E-state index contributed by atoms with van der Waals surface area (Å²) in [5, 5.41) is 12.5. The quantitative estimate of drug-likeness (QED) is 0.756. The minimum atomic E-state index is -0.732. The molecule has 2 N–H and O–H groups in total. The van der Waals surface area contributed by atoms with Crippen molar-refractivity contribution in [3.8, 4) is 0 Å². The Balaban J connectivity index is 1.72. The fourth-order valence-corrected chi connectivity index (χ4v) is 3.27. The summed E-state index contributed by atoms with van der Waals surface area (Å²) in [5.41, 5.74) is 0. The lowest BCUT2D eigenvalue weighted by molar-refractivity contribution is -0.139. The molecule has 1 saturated heterocycles. The summed E-state index contributed by atoms with van der Waals surface area (Å²) in [6.07, 6.45) is 3.82. The molecule has 5 heteroatoms. The predicted molar refractivity (Wildman–Crippen MR) is 73.2 cm³/mol. The van der Waals surface area contributed by atoms with E-state index in [1.165, 1.54) is 0 Å². The third-order valence-corrected chi connectivity index (χ3v) is 4.42. The summed E-state index contributed by atoms with van der Waals surface area (Å²) < 4.78 is 5.74. The van der Waals surface area contributed by atoms with E-state index in [2.05, 4.69) is 24.1 Å². The SMILES string of the molecule is CCN(CC(=O)O)C1CC(NC2CC(C)OC2C)C1. The Labute approximate surface area is 115 Å². The fourth-order valence-electron chi connectivity index (χ4n) is 3.27. The molecule has 0 aromatic rings. The second kappa shape index (κ2) is 6.20. The smallest absolute Gasteiger partial charge is 0.317 e. The zero-order chi connectivity index (χ0) is 14.0. The van der Waals surface area contributed by atoms with Crippen molar-refractivity contribution in [2.45, 2.75) is 70.4 Å². The van der Waals surface area contributed by atoms with Crippen LogP contribution < -0.4 is 5.32 Å². The van der Waals surface area contributed by atoms with Crippen molar-refractivity contribution in [1.29, 1.82) is 0 Å². The second-order valence-electron chi connectivity index (χ2n) is 5.94. The molecule has 1 saturated carbocycles. The van der Waals surface area contributed by atoms with Crippen LogP contribution in [0.4, 0.5) is 0 Å². The van der Waals surface area contributed by atoms with E-state index in [1.807, 2.05) is 6.92 Å². The van der Waals surface area contributed by atoms with E-state index >= 15 is 0 Å². The van der Waals surface area contributed by atoms with Crippen LogP contribution in [-0.2, 0) is 9.53 Å². The molecule has 1 aliphatic heterocycles. The Hall–Kier alpha value is -0.650. The molecular weight excluding hydrogens is 244 g/mol. The zero-order valence-electron chi connectivity index (χ0n) is 12.1. The lowest BCUT2D eigenvalue weighted by atomic mass is 9.84. The van der Waals surface area contributed by atoms with E-state index in [0.29, 0.717) is 24.2 Å². The van der Waals surface area contributed by atoms with Crippen LogP contribution in [0.25, 0.3) is 0 Å². The van der Waals surface area contributed by atoms with E-state index in [9.17, 15) is 4.79 Å². The van der Waals surface area contributed by atoms with Gasteiger partial charge in [-0.2, -0.15) is 0 Å². The largest absolute Gasteiger partial charge is 0.480 e. The van der Waals surface area contributed by atoms with E-state index in [1.54, 1.807) is 0 Å². The fraction of sp³-hybridized carbons (Fsp3) is 0.929. The maximum Gasteiger partial charge on any atom is 0.317 e. The lowest BCUT2D eigenvalue weighted by Crippen LogP contribution is -2.56. The molecule has 2 rings (SSSR count). The molecule has 5 nitrogen and oxygen atoms in total. The van der Waals surface area contributed by atoms with Crippen molar-refractivity contribution in [2.75, 3.05) is 13.1 Å². The molecule has 0 amide bonds. The average Bonchev–Trinajstić information content (AvgIpc) is 2.59. The molecule has 0 radical (unpaired) electrons. The van der Waals surface area contributed by atoms with Gasteiger partial charge < -0.3 is 15.2 Å². The average molecular weight is 270 g/mol. The van der Waals surface area contributed by atoms with Gasteiger partial charge in [-0.25, -0.2) is 0 Å². The highest BCUT2D eigenvalue weighted by Gasteiger charge is 2.38. The Morgan fingerprint density at radius 3 is 2.53 bits per heavy atom. The lowest BCUT2D eigenvalue weighted by Gasteiger charge is -2.43. The maximum atomic E-state index is 10.8. The van der Waals surface area contributed by atoms with Gasteiger partial charge in [0.1, 0.15) is 0 Å². The van der Waals surface area contributed by atoms with Gasteiger partial charge in [0.2, 0.25) is 0 Å². The molecule has 0 aromatic carbocycles. The summed E-state index contributed by atoms with van der Waals surface area (Å²) >= 11 is 0. The highest BCUT2D eigenvalue weighted by Crippen LogP contribution is 2.28. The van der Waals surface area contributed by atoms with Gasteiger partial charge in [0, 0.05) is 18.1 Å². The molecule has 0 spiro atoms. The van der Waals surface area contributed by atoms with Crippen LogP contribution >= 0.6 is 0 Å². The van der Waals surface area contributed by atoms with Gasteiger partial charge in [0.25, 0.3) is 0 Å². The van der Waals surface area contributed by atoms with Crippen LogP contribution in [0.15, 0.2) is 0 Å². The number of ether oxygens (including phenoxy) is 1. The van der Waals surface area contributed by atoms with E-state index in [4.69, 9.17) is 9.84 Å². The summed E-state index contributed by atoms with van der Waals surface area (Å²) in [7, 11) is 0. The molecule has 110 valence electrons. The van der Waals surface area contributed by atoms with Gasteiger partial charge >= 0.3 is 5.97 Å². The van der Waals surface area contributed by atoms with Gasteiger partial charge in [-0.1, -0.05) is 6.92 Å². The van der Waals surface area contributed by atoms with Crippen molar-refractivity contribution in [1.82, 2.24) is 10.2 Å². The molecule has 1 heterocycles. The molecule has 2 fully saturated rings. The standard InChI is InChI=1S/C14H26N2O3/c1-4-16(8-14(17)18)12-6-11(7-12)15-13-5-9(2)19-10(13)3/h9-13,15H,4-8H2,1-3H3,(H,17,18). The number of hydrogen-bond donors (Lipinski definition) is 2. The third-order valence-electron chi connectivity index (χ3n) is 4.42. The van der Waals surface area contributed by atoms with Crippen LogP contribution in [0.1, 0.15) is 40.0 Å². The number of likely N-dealkylation sites (N-methyl/N-ethyl adjacent to an activating group) is 1. The minimum absolute atomic E-state index is 0.161. The first-order valence-electron chi connectivity index (χ1n) is 7.37. The number of carboxylic acid groups (broad SMARTS) is 1. The van der Waals surface area contributed by atoms with E-state index in [0.717, 1.165) is 25.8 Å². The number of nitrogens with zero attached hydrogens (tertiary/aromatic N) is 1. The molecule has 1 aliphatic carbocycles. The molecule has 2 aliphatic rings. The normalized spacial score (nSPS) is 38.4. The van der Waals surface area contributed by atoms with Crippen molar-refractivity contribution >= 4 is 5.97 Å². The second-order valence-corrected chi connectivity index (χ2v) is 5.94. The summed E-state index contributed by atoms with van der Waals surface area (Å²) in [5.74, 6) is -0.732. The van der Waals surface area contributed by atoms with Gasteiger partial charge in [0.05, 0.1) is 18.8 Å². The topological polar surface area (TPSA) is 61.8 Å². The van der Waals surface area contributed by atoms with Gasteiger partial charge in [-0.15, -0.1) is 0 Å². The first-order valence-corrected chi connectivity index (χ1v) is 7.37. The molecule has 3 atom stereocenters. The summed E-state index contributed by atoms with van der Waals surface area (Å²) in [6.45, 7) is 7.24. The highest BCUT2D eigenvalue weighted by atomic mass is 16.5. The number of carbonyl (C=O) groups is 1. The molecule has 0 aromatic heterocycles. The number of carboxylic acids is 1. The van der Waals surface area contributed by atoms with E-state index < -0.39 is 5.97 Å². The summed E-state index contributed by atoms with van der Waals surface area (Å²) in [6, 6.07) is 1.40. The Morgan fingerprint density at radius 2 is 2.05 bits per heavy atom. The van der Waals surface area contributed by atoms with Crippen molar-refractivity contribution < 1.29 is 14.6 Å². The Bertz CT molecular complexity index is 318. The van der Waals surface area contributed by atoms with Crippen LogP contribution in [0.2, 0.25) is 0 Å². The molecule has 0 bridgehead atoms. The monoisotopic (exact) mass is 270 g/mol. The first kappa shape index (κ1) is 14.8. The van der Waals surface area contributed by atoms with Crippen LogP contribution in [0.3, 0.4) is 0 Å². The highest BCUT2D eigenvalue weighted by molar-refractivity contribution is 5.69. The Kier molecular flexibility index (Phi) is 4.81. The third kappa shape index (κ3) is 3.68. The molecule has 3 unspecified atom stereocenters. The first-order chi connectivity index (χ1) is 8.99. The number of hydrogen-bond acceptors (Lipinski definition) is 4. The minimum Gasteiger partial charge on any atom is -0.480 e. The Morgan fingerprint density at radius 1 is 1.37 bits per heavy atom. The van der Waals surface area contributed by atoms with Crippen molar-refractivity contribution in [3.63, 3.8) is 0 Å². The molecule has 19 heavy (non-hydrogen) atoms. The van der Waals surface area contributed by atoms with Crippen LogP contribution in [0.5, 0.6) is 0 Å². The van der Waals surface area contributed by atoms with Crippen LogP contribution in [0, 0.1) is 0 Å². The predicted octanol–water partition coefficient (Wildman–Crippen LogP) is 1.08. The molecular formula is C14H26N2O3. The van der Waals surface area contributed by atoms with Crippen molar-refractivity contribution in [2.24, 2.45) is 0 Å². The van der Waals surface area contributed by atoms with Crippen LogP contribution in [-0.4, -0.2) is 59.4 Å². The van der Waals surface area contributed by atoms with Gasteiger partial charge in [0.15, 0.2) is 0 Å².